The lowest BCUT2D eigenvalue weighted by molar-refractivity contribution is -0.139. The summed E-state index contributed by atoms with van der Waals surface area (Å²) in [5.41, 5.74) is 10.2. The summed E-state index contributed by atoms with van der Waals surface area (Å²) in [6.07, 6.45) is 2.08. The van der Waals surface area contributed by atoms with Crippen LogP contribution in [0.1, 0.15) is 35.4 Å². The molecule has 3 rings (SSSR count). The van der Waals surface area contributed by atoms with Crippen LogP contribution < -0.4 is 5.73 Å². The van der Waals surface area contributed by atoms with Crippen LogP contribution in [0.3, 0.4) is 0 Å². The number of carboxylic acid groups (broad SMARTS) is 1. The van der Waals surface area contributed by atoms with Gasteiger partial charge in [0.15, 0.2) is 0 Å². The fraction of sp³-hybridized carbons (Fsp3) is 0.350. The van der Waals surface area contributed by atoms with Crippen LogP contribution in [0.15, 0.2) is 36.4 Å². The van der Waals surface area contributed by atoms with Gasteiger partial charge >= 0.3 is 13.1 Å². The van der Waals surface area contributed by atoms with Crippen molar-refractivity contribution in [2.45, 2.75) is 38.0 Å². The summed E-state index contributed by atoms with van der Waals surface area (Å²) in [5, 5.41) is 28.5. The second-order valence-electron chi connectivity index (χ2n) is 7.13. The second-order valence-corrected chi connectivity index (χ2v) is 7.53. The summed E-state index contributed by atoms with van der Waals surface area (Å²) in [4.78, 5) is 12.0. The number of benzene rings is 2. The Kier molecular flexibility index (Phi) is 6.22. The zero-order valence-electron chi connectivity index (χ0n) is 14.9. The van der Waals surface area contributed by atoms with Gasteiger partial charge in [0.2, 0.25) is 0 Å². The highest BCUT2D eigenvalue weighted by Gasteiger charge is 2.38. The number of carboxylic acids is 1. The van der Waals surface area contributed by atoms with Gasteiger partial charge in [-0.25, -0.2) is 0 Å². The summed E-state index contributed by atoms with van der Waals surface area (Å²) in [5.74, 6) is -1.53. The summed E-state index contributed by atoms with van der Waals surface area (Å²) in [6.45, 7) is 0.424. The third-order valence-corrected chi connectivity index (χ3v) is 5.61. The molecule has 0 amide bonds. The molecule has 0 aliphatic heterocycles. The van der Waals surface area contributed by atoms with Crippen LogP contribution in [-0.4, -0.2) is 28.2 Å². The van der Waals surface area contributed by atoms with Crippen molar-refractivity contribution in [1.82, 2.24) is 0 Å². The summed E-state index contributed by atoms with van der Waals surface area (Å²) in [6, 6.07) is 11.5. The van der Waals surface area contributed by atoms with Crippen LogP contribution in [0.4, 0.5) is 0 Å². The molecule has 0 saturated carbocycles. The van der Waals surface area contributed by atoms with Crippen LogP contribution >= 0.6 is 11.6 Å². The zero-order chi connectivity index (χ0) is 19.6. The van der Waals surface area contributed by atoms with Crippen molar-refractivity contribution in [1.29, 1.82) is 0 Å². The highest BCUT2D eigenvalue weighted by Crippen LogP contribution is 2.44. The van der Waals surface area contributed by atoms with E-state index in [1.165, 1.54) is 0 Å². The molecule has 0 aromatic heterocycles. The summed E-state index contributed by atoms with van der Waals surface area (Å²) < 4.78 is 0. The lowest BCUT2D eigenvalue weighted by atomic mass is 9.80. The number of halogens is 1. The average molecular weight is 388 g/mol. The molecule has 2 aromatic rings. The zero-order valence-corrected chi connectivity index (χ0v) is 15.7. The Morgan fingerprint density at radius 2 is 2.04 bits per heavy atom. The predicted octanol–water partition coefficient (Wildman–Crippen LogP) is 3.06. The molecule has 7 heteroatoms. The molecule has 2 atom stereocenters. The number of aliphatic carboxylic acids is 1. The van der Waals surface area contributed by atoms with Crippen molar-refractivity contribution < 1.29 is 19.9 Å². The van der Waals surface area contributed by atoms with Gasteiger partial charge in [-0.3, -0.25) is 4.79 Å². The molecule has 1 aliphatic rings. The molecular weight excluding hydrogens is 364 g/mol. The van der Waals surface area contributed by atoms with E-state index in [1.807, 2.05) is 36.4 Å². The quantitative estimate of drug-likeness (QED) is 0.547. The Bertz CT molecular complexity index is 843. The Labute approximate surface area is 163 Å². The first-order chi connectivity index (χ1) is 12.9. The number of fused-ring (bicyclic) bond motifs is 1. The van der Waals surface area contributed by atoms with Gasteiger partial charge in [-0.1, -0.05) is 36.2 Å². The van der Waals surface area contributed by atoms with E-state index in [0.717, 1.165) is 27.8 Å². The highest BCUT2D eigenvalue weighted by atomic mass is 35.5. The first-order valence-corrected chi connectivity index (χ1v) is 9.49. The highest BCUT2D eigenvalue weighted by molar-refractivity contribution is 6.40. The van der Waals surface area contributed by atoms with E-state index in [0.29, 0.717) is 30.8 Å². The van der Waals surface area contributed by atoms with E-state index >= 15 is 0 Å². The Hall–Kier alpha value is -1.86. The van der Waals surface area contributed by atoms with Crippen molar-refractivity contribution in [3.8, 4) is 11.1 Å². The maximum atomic E-state index is 12.0. The Morgan fingerprint density at radius 3 is 2.70 bits per heavy atom. The lowest BCUT2D eigenvalue weighted by Crippen LogP contribution is -2.18. The second kappa shape index (κ2) is 8.44. The van der Waals surface area contributed by atoms with Crippen molar-refractivity contribution in [2.75, 3.05) is 0 Å². The third kappa shape index (κ3) is 4.35. The molecule has 142 valence electrons. The van der Waals surface area contributed by atoms with Crippen LogP contribution in [0.5, 0.6) is 0 Å². The minimum absolute atomic E-state index is 0.0713. The Balaban J connectivity index is 1.94. The minimum Gasteiger partial charge on any atom is -0.481 e. The molecule has 0 saturated heterocycles. The van der Waals surface area contributed by atoms with Gasteiger partial charge in [0.05, 0.1) is 5.92 Å². The maximum absolute atomic E-state index is 12.0. The first-order valence-electron chi connectivity index (χ1n) is 9.11. The lowest BCUT2D eigenvalue weighted by Gasteiger charge is -2.17. The molecule has 0 fully saturated rings. The third-order valence-electron chi connectivity index (χ3n) is 5.29. The molecular formula is C20H23BClNO4. The predicted molar refractivity (Wildman–Crippen MR) is 107 cm³/mol. The summed E-state index contributed by atoms with van der Waals surface area (Å²) in [7, 11) is -1.35. The van der Waals surface area contributed by atoms with Crippen molar-refractivity contribution in [2.24, 2.45) is 11.7 Å². The largest absolute Gasteiger partial charge is 0.481 e. The van der Waals surface area contributed by atoms with Crippen LogP contribution in [-0.2, 0) is 17.8 Å². The SMILES string of the molecule is NCc1cccc(-c2cc3c(cc2Cl)C[C@H](CCCB(O)O)[C@@H]3C(=O)O)c1. The van der Waals surface area contributed by atoms with Gasteiger partial charge in [-0.05, 0) is 65.5 Å². The van der Waals surface area contributed by atoms with Crippen LogP contribution in [0.2, 0.25) is 11.3 Å². The molecule has 0 spiro atoms. The number of rotatable bonds is 7. The standard InChI is InChI=1S/C20H23BClNO4/c22-18-9-15-8-14(5-2-6-21(26)27)19(20(24)25)17(15)10-16(18)13-4-1-3-12(7-13)11-23/h1,3-4,7,9-10,14,19,26-27H,2,5-6,8,11,23H2,(H,24,25)/t14-,19-/m0/s1. The molecule has 2 aromatic carbocycles. The number of hydrogen-bond acceptors (Lipinski definition) is 4. The van der Waals surface area contributed by atoms with Crippen molar-refractivity contribution in [3.05, 3.63) is 58.1 Å². The molecule has 0 heterocycles. The number of carbonyl (C=O) groups is 1. The van der Waals surface area contributed by atoms with Gasteiger partial charge in [-0.15, -0.1) is 0 Å². The molecule has 27 heavy (non-hydrogen) atoms. The average Bonchev–Trinajstić information content (AvgIpc) is 2.97. The van der Waals surface area contributed by atoms with Gasteiger partial charge in [-0.2, -0.15) is 0 Å². The van der Waals surface area contributed by atoms with Crippen LogP contribution in [0, 0.1) is 5.92 Å². The molecule has 5 nitrogen and oxygen atoms in total. The number of hydrogen-bond donors (Lipinski definition) is 4. The van der Waals surface area contributed by atoms with Gasteiger partial charge in [0, 0.05) is 17.1 Å². The fourth-order valence-electron chi connectivity index (χ4n) is 4.00. The smallest absolute Gasteiger partial charge is 0.451 e. The van der Waals surface area contributed by atoms with E-state index in [4.69, 9.17) is 27.4 Å². The van der Waals surface area contributed by atoms with Gasteiger partial charge < -0.3 is 20.9 Å². The van der Waals surface area contributed by atoms with Gasteiger partial charge in [0.1, 0.15) is 0 Å². The van der Waals surface area contributed by atoms with E-state index in [2.05, 4.69) is 0 Å². The van der Waals surface area contributed by atoms with E-state index in [1.54, 1.807) is 0 Å². The molecule has 0 radical (unpaired) electrons. The van der Waals surface area contributed by atoms with E-state index in [9.17, 15) is 9.90 Å². The molecule has 5 N–H and O–H groups in total. The van der Waals surface area contributed by atoms with Gasteiger partial charge in [0.25, 0.3) is 0 Å². The Morgan fingerprint density at radius 1 is 1.26 bits per heavy atom. The molecule has 0 bridgehead atoms. The number of nitrogens with two attached hydrogens (primary N) is 1. The molecule has 1 aliphatic carbocycles. The monoisotopic (exact) mass is 387 g/mol. The maximum Gasteiger partial charge on any atom is 0.451 e. The first kappa shape index (κ1) is 19.9. The minimum atomic E-state index is -1.35. The van der Waals surface area contributed by atoms with Crippen molar-refractivity contribution >= 4 is 24.7 Å². The fourth-order valence-corrected chi connectivity index (χ4v) is 4.30. The van der Waals surface area contributed by atoms with Crippen LogP contribution in [0.25, 0.3) is 11.1 Å². The van der Waals surface area contributed by atoms with E-state index in [-0.39, 0.29) is 12.2 Å². The van der Waals surface area contributed by atoms with E-state index < -0.39 is 19.0 Å². The van der Waals surface area contributed by atoms with Crippen molar-refractivity contribution in [3.63, 3.8) is 0 Å². The topological polar surface area (TPSA) is 104 Å². The summed E-state index contributed by atoms with van der Waals surface area (Å²) >= 11 is 6.51. The normalized spacial score (nSPS) is 18.4. The molecule has 0 unspecified atom stereocenters.